The van der Waals surface area contributed by atoms with Gasteiger partial charge < -0.3 is 5.32 Å². The zero-order valence-electron chi connectivity index (χ0n) is 10.7. The minimum atomic E-state index is -0.295. The fraction of sp³-hybridized carbons (Fsp3) is 0.357. The molecule has 1 atom stereocenters. The average Bonchev–Trinajstić information content (AvgIpc) is 2.81. The molecule has 0 amide bonds. The summed E-state index contributed by atoms with van der Waals surface area (Å²) in [5.74, 6) is -0.295. The Morgan fingerprint density at radius 1 is 1.37 bits per heavy atom. The first-order valence-corrected chi connectivity index (χ1v) is 7.89. The molecule has 2 aromatic rings. The zero-order chi connectivity index (χ0) is 13.7. The third-order valence-corrected chi connectivity index (χ3v) is 4.43. The van der Waals surface area contributed by atoms with Crippen molar-refractivity contribution in [3.63, 3.8) is 0 Å². The van der Waals surface area contributed by atoms with E-state index in [-0.39, 0.29) is 11.9 Å². The highest BCUT2D eigenvalue weighted by Gasteiger charge is 2.14. The Morgan fingerprint density at radius 2 is 2.21 bits per heavy atom. The van der Waals surface area contributed by atoms with Crippen LogP contribution in [0.2, 0.25) is 0 Å². The van der Waals surface area contributed by atoms with Gasteiger partial charge in [-0.1, -0.05) is 6.92 Å². The summed E-state index contributed by atoms with van der Waals surface area (Å²) in [5.41, 5.74) is 0.888. The van der Waals surface area contributed by atoms with Crippen molar-refractivity contribution in [1.29, 1.82) is 0 Å². The van der Waals surface area contributed by atoms with E-state index in [1.165, 1.54) is 17.1 Å². The molecule has 2 rings (SSSR count). The first-order valence-electron chi connectivity index (χ1n) is 6.28. The summed E-state index contributed by atoms with van der Waals surface area (Å²) in [6.45, 7) is 3.06. The number of hydrogen-bond acceptors (Lipinski definition) is 3. The Balaban J connectivity index is 2.13. The van der Waals surface area contributed by atoms with E-state index in [1.54, 1.807) is 17.4 Å². The molecular weight excluding hydrogens is 327 g/mol. The third kappa shape index (κ3) is 4.37. The van der Waals surface area contributed by atoms with Gasteiger partial charge >= 0.3 is 0 Å². The summed E-state index contributed by atoms with van der Waals surface area (Å²) in [7, 11) is 0. The molecule has 0 aromatic carbocycles. The lowest BCUT2D eigenvalue weighted by Gasteiger charge is -2.17. The van der Waals surface area contributed by atoms with Crippen LogP contribution < -0.4 is 5.32 Å². The number of pyridine rings is 1. The fourth-order valence-corrected chi connectivity index (χ4v) is 3.38. The summed E-state index contributed by atoms with van der Waals surface area (Å²) < 4.78 is 14.1. The second-order valence-electron chi connectivity index (χ2n) is 4.32. The van der Waals surface area contributed by atoms with Crippen LogP contribution in [0, 0.1) is 5.82 Å². The molecule has 0 saturated carbocycles. The molecule has 0 radical (unpaired) electrons. The van der Waals surface area contributed by atoms with E-state index in [0.29, 0.717) is 0 Å². The number of nitrogens with one attached hydrogen (secondary N) is 1. The molecule has 0 saturated heterocycles. The molecule has 0 bridgehead atoms. The van der Waals surface area contributed by atoms with E-state index in [2.05, 4.69) is 45.3 Å². The second-order valence-corrected chi connectivity index (χ2v) is 6.87. The van der Waals surface area contributed by atoms with Gasteiger partial charge in [0, 0.05) is 11.3 Å². The summed E-state index contributed by atoms with van der Waals surface area (Å²) in [6.07, 6.45) is 3.21. The monoisotopic (exact) mass is 342 g/mol. The van der Waals surface area contributed by atoms with Crippen molar-refractivity contribution in [1.82, 2.24) is 10.3 Å². The standard InChI is InChI=1S/C14H16BrFN2S/c1-2-7-17-13(8-11-4-6-14(15)19-11)12-5-3-10(16)9-18-12/h3-6,9,13,17H,2,7-8H2,1H3. The highest BCUT2D eigenvalue weighted by Crippen LogP contribution is 2.26. The summed E-state index contributed by atoms with van der Waals surface area (Å²) in [4.78, 5) is 5.47. The van der Waals surface area contributed by atoms with Gasteiger partial charge in [-0.2, -0.15) is 0 Å². The molecule has 0 aliphatic carbocycles. The zero-order valence-corrected chi connectivity index (χ0v) is 13.1. The number of nitrogens with zero attached hydrogens (tertiary/aromatic N) is 1. The summed E-state index contributed by atoms with van der Waals surface area (Å²) in [6, 6.07) is 7.51. The number of hydrogen-bond donors (Lipinski definition) is 1. The largest absolute Gasteiger partial charge is 0.308 e. The van der Waals surface area contributed by atoms with Gasteiger partial charge in [0.2, 0.25) is 0 Å². The van der Waals surface area contributed by atoms with Crippen molar-refractivity contribution in [3.8, 4) is 0 Å². The van der Waals surface area contributed by atoms with Crippen LogP contribution in [0.5, 0.6) is 0 Å². The molecular formula is C14H16BrFN2S. The molecule has 1 N–H and O–H groups in total. The maximum atomic E-state index is 12.9. The maximum Gasteiger partial charge on any atom is 0.141 e. The van der Waals surface area contributed by atoms with Crippen LogP contribution in [0.1, 0.15) is 30.0 Å². The SMILES string of the molecule is CCCNC(Cc1ccc(Br)s1)c1ccc(F)cn1. The van der Waals surface area contributed by atoms with Gasteiger partial charge in [-0.15, -0.1) is 11.3 Å². The van der Waals surface area contributed by atoms with Gasteiger partial charge in [0.1, 0.15) is 5.82 Å². The van der Waals surface area contributed by atoms with Crippen LogP contribution in [0.4, 0.5) is 4.39 Å². The van der Waals surface area contributed by atoms with E-state index in [9.17, 15) is 4.39 Å². The van der Waals surface area contributed by atoms with Crippen LogP contribution in [-0.4, -0.2) is 11.5 Å². The van der Waals surface area contributed by atoms with E-state index in [1.807, 2.05) is 0 Å². The lowest BCUT2D eigenvalue weighted by Crippen LogP contribution is -2.24. The van der Waals surface area contributed by atoms with Crippen LogP contribution in [0.3, 0.4) is 0 Å². The quantitative estimate of drug-likeness (QED) is 0.845. The van der Waals surface area contributed by atoms with Crippen LogP contribution >= 0.6 is 27.3 Å². The topological polar surface area (TPSA) is 24.9 Å². The summed E-state index contributed by atoms with van der Waals surface area (Å²) in [5, 5.41) is 3.47. The molecule has 2 aromatic heterocycles. The fourth-order valence-electron chi connectivity index (χ4n) is 1.86. The number of rotatable bonds is 6. The average molecular weight is 343 g/mol. The minimum Gasteiger partial charge on any atom is -0.308 e. The highest BCUT2D eigenvalue weighted by molar-refractivity contribution is 9.11. The van der Waals surface area contributed by atoms with Gasteiger partial charge in [-0.25, -0.2) is 4.39 Å². The smallest absolute Gasteiger partial charge is 0.141 e. The third-order valence-electron chi connectivity index (χ3n) is 2.78. The highest BCUT2D eigenvalue weighted by atomic mass is 79.9. The van der Waals surface area contributed by atoms with Crippen LogP contribution in [-0.2, 0) is 6.42 Å². The van der Waals surface area contributed by atoms with E-state index in [0.717, 1.165) is 28.9 Å². The molecule has 102 valence electrons. The molecule has 0 aliphatic rings. The van der Waals surface area contributed by atoms with Gasteiger partial charge in [0.05, 0.1) is 21.7 Å². The molecule has 2 nitrogen and oxygen atoms in total. The van der Waals surface area contributed by atoms with Crippen molar-refractivity contribution in [2.45, 2.75) is 25.8 Å². The Bertz CT molecular complexity index is 512. The molecule has 0 spiro atoms. The van der Waals surface area contributed by atoms with E-state index in [4.69, 9.17) is 0 Å². The Hall–Kier alpha value is -0.780. The van der Waals surface area contributed by atoms with Crippen LogP contribution in [0.25, 0.3) is 0 Å². The van der Waals surface area contributed by atoms with Crippen molar-refractivity contribution < 1.29 is 4.39 Å². The first kappa shape index (κ1) is 14.6. The van der Waals surface area contributed by atoms with E-state index >= 15 is 0 Å². The Morgan fingerprint density at radius 3 is 2.79 bits per heavy atom. The van der Waals surface area contributed by atoms with Gasteiger partial charge in [-0.05, 0) is 53.2 Å². The lowest BCUT2D eigenvalue weighted by molar-refractivity contribution is 0.517. The predicted octanol–water partition coefficient (Wildman–Crippen LogP) is 4.33. The molecule has 19 heavy (non-hydrogen) atoms. The molecule has 5 heteroatoms. The van der Waals surface area contributed by atoms with Gasteiger partial charge in [0.15, 0.2) is 0 Å². The van der Waals surface area contributed by atoms with Crippen molar-refractivity contribution in [2.24, 2.45) is 0 Å². The van der Waals surface area contributed by atoms with Crippen LogP contribution in [0.15, 0.2) is 34.2 Å². The van der Waals surface area contributed by atoms with E-state index < -0.39 is 0 Å². The number of aromatic nitrogens is 1. The lowest BCUT2D eigenvalue weighted by atomic mass is 10.1. The van der Waals surface area contributed by atoms with Gasteiger partial charge in [-0.3, -0.25) is 4.98 Å². The maximum absolute atomic E-state index is 12.9. The number of thiophene rings is 1. The second kappa shape index (κ2) is 7.12. The van der Waals surface area contributed by atoms with Crippen molar-refractivity contribution in [3.05, 3.63) is 50.6 Å². The minimum absolute atomic E-state index is 0.131. The Labute approximate surface area is 125 Å². The molecule has 2 heterocycles. The predicted molar refractivity (Wildman–Crippen MR) is 81.0 cm³/mol. The van der Waals surface area contributed by atoms with Crippen molar-refractivity contribution in [2.75, 3.05) is 6.54 Å². The first-order chi connectivity index (χ1) is 9.19. The molecule has 1 unspecified atom stereocenters. The number of halogens is 2. The van der Waals surface area contributed by atoms with Crippen molar-refractivity contribution >= 4 is 27.3 Å². The molecule has 0 aliphatic heterocycles. The summed E-state index contributed by atoms with van der Waals surface area (Å²) >= 11 is 5.20. The Kier molecular flexibility index (Phi) is 5.48. The normalized spacial score (nSPS) is 12.6. The molecule has 0 fully saturated rings. The van der Waals surface area contributed by atoms with Gasteiger partial charge in [0.25, 0.3) is 0 Å².